The van der Waals surface area contributed by atoms with Crippen LogP contribution in [0.2, 0.25) is 0 Å². The Kier molecular flexibility index (Phi) is 3.69. The van der Waals surface area contributed by atoms with Crippen molar-refractivity contribution in [2.45, 2.75) is 6.42 Å². The zero-order valence-electron chi connectivity index (χ0n) is 7.45. The van der Waals surface area contributed by atoms with E-state index in [1.807, 2.05) is 0 Å². The van der Waals surface area contributed by atoms with E-state index in [2.05, 4.69) is 36.5 Å². The fourth-order valence-electron chi connectivity index (χ4n) is 1.67. The van der Waals surface area contributed by atoms with E-state index in [-0.39, 0.29) is 0 Å². The lowest BCUT2D eigenvalue weighted by molar-refractivity contribution is 0.308. The summed E-state index contributed by atoms with van der Waals surface area (Å²) in [6.07, 6.45) is 1.36. The van der Waals surface area contributed by atoms with Crippen LogP contribution in [-0.4, -0.2) is 49.4 Å². The third-order valence-electron chi connectivity index (χ3n) is 2.30. The second kappa shape index (κ2) is 4.33. The number of nitrogens with zero attached hydrogens (tertiary/aromatic N) is 2. The molecule has 1 unspecified atom stereocenters. The molecule has 1 fully saturated rings. The molecule has 1 aliphatic rings. The average Bonchev–Trinajstić information content (AvgIpc) is 2.35. The van der Waals surface area contributed by atoms with E-state index < -0.39 is 0 Å². The van der Waals surface area contributed by atoms with Gasteiger partial charge in [0.15, 0.2) is 0 Å². The number of rotatable bonds is 3. The van der Waals surface area contributed by atoms with E-state index in [1.165, 1.54) is 26.1 Å². The van der Waals surface area contributed by atoms with E-state index >= 15 is 0 Å². The van der Waals surface area contributed by atoms with Crippen molar-refractivity contribution >= 4 is 12.6 Å². The highest BCUT2D eigenvalue weighted by atomic mass is 32.1. The summed E-state index contributed by atoms with van der Waals surface area (Å²) in [7, 11) is 4.33. The molecule has 2 nitrogen and oxygen atoms in total. The molecular weight excluding hydrogens is 156 g/mol. The van der Waals surface area contributed by atoms with Crippen molar-refractivity contribution in [1.29, 1.82) is 0 Å². The van der Waals surface area contributed by atoms with Gasteiger partial charge in [-0.2, -0.15) is 12.6 Å². The summed E-state index contributed by atoms with van der Waals surface area (Å²) in [5.74, 6) is 1.75. The summed E-state index contributed by atoms with van der Waals surface area (Å²) in [6, 6.07) is 0. The lowest BCUT2D eigenvalue weighted by atomic mass is 10.1. The molecule has 0 aromatic rings. The molecule has 0 amide bonds. The molecule has 66 valence electrons. The van der Waals surface area contributed by atoms with Gasteiger partial charge in [-0.15, -0.1) is 0 Å². The molecule has 11 heavy (non-hydrogen) atoms. The van der Waals surface area contributed by atoms with E-state index in [0.717, 1.165) is 11.8 Å². The van der Waals surface area contributed by atoms with Crippen LogP contribution < -0.4 is 0 Å². The van der Waals surface area contributed by atoms with Crippen molar-refractivity contribution in [3.05, 3.63) is 0 Å². The van der Waals surface area contributed by atoms with E-state index in [4.69, 9.17) is 0 Å². The SMILES string of the molecule is CN(CS)CC1CCN(C)C1. The largest absolute Gasteiger partial charge is 0.306 e. The normalized spacial score (nSPS) is 26.7. The van der Waals surface area contributed by atoms with Crippen molar-refractivity contribution in [2.75, 3.05) is 39.6 Å². The van der Waals surface area contributed by atoms with Gasteiger partial charge in [0.1, 0.15) is 0 Å². The van der Waals surface area contributed by atoms with Crippen molar-refractivity contribution in [2.24, 2.45) is 5.92 Å². The van der Waals surface area contributed by atoms with Gasteiger partial charge in [-0.3, -0.25) is 4.90 Å². The van der Waals surface area contributed by atoms with Gasteiger partial charge in [0.05, 0.1) is 0 Å². The molecule has 0 N–H and O–H groups in total. The minimum Gasteiger partial charge on any atom is -0.306 e. The number of hydrogen-bond acceptors (Lipinski definition) is 3. The third-order valence-corrected chi connectivity index (χ3v) is 2.78. The lowest BCUT2D eigenvalue weighted by Gasteiger charge is -2.18. The molecule has 3 heteroatoms. The molecule has 0 aromatic heterocycles. The van der Waals surface area contributed by atoms with Crippen LogP contribution >= 0.6 is 12.6 Å². The first kappa shape index (κ1) is 9.36. The quantitative estimate of drug-likeness (QED) is 0.498. The fourth-order valence-corrected chi connectivity index (χ4v) is 1.79. The van der Waals surface area contributed by atoms with Crippen molar-refractivity contribution in [3.63, 3.8) is 0 Å². The van der Waals surface area contributed by atoms with Crippen LogP contribution in [0.1, 0.15) is 6.42 Å². The van der Waals surface area contributed by atoms with Gasteiger partial charge in [0.2, 0.25) is 0 Å². The second-order valence-electron chi connectivity index (χ2n) is 3.60. The monoisotopic (exact) mass is 174 g/mol. The van der Waals surface area contributed by atoms with Gasteiger partial charge in [-0.25, -0.2) is 0 Å². The Labute approximate surface area is 75.0 Å². The molecule has 0 radical (unpaired) electrons. The molecule has 0 aromatic carbocycles. The highest BCUT2D eigenvalue weighted by Crippen LogP contribution is 2.14. The van der Waals surface area contributed by atoms with Crippen LogP contribution in [-0.2, 0) is 0 Å². The van der Waals surface area contributed by atoms with Crippen LogP contribution in [0.4, 0.5) is 0 Å². The molecule has 1 atom stereocenters. The summed E-state index contributed by atoms with van der Waals surface area (Å²) in [4.78, 5) is 4.67. The minimum absolute atomic E-state index is 0.872. The van der Waals surface area contributed by atoms with Crippen LogP contribution in [0.25, 0.3) is 0 Å². The average molecular weight is 174 g/mol. The van der Waals surface area contributed by atoms with E-state index in [9.17, 15) is 0 Å². The Morgan fingerprint density at radius 2 is 2.36 bits per heavy atom. The highest BCUT2D eigenvalue weighted by Gasteiger charge is 2.19. The maximum atomic E-state index is 4.22. The van der Waals surface area contributed by atoms with Gasteiger partial charge >= 0.3 is 0 Å². The Balaban J connectivity index is 2.17. The molecule has 0 saturated carbocycles. The van der Waals surface area contributed by atoms with Crippen LogP contribution in [0, 0.1) is 5.92 Å². The lowest BCUT2D eigenvalue weighted by Crippen LogP contribution is -2.26. The van der Waals surface area contributed by atoms with Gasteiger partial charge < -0.3 is 4.90 Å². The number of thiol groups is 1. The molecule has 0 bridgehead atoms. The number of hydrogen-bond donors (Lipinski definition) is 1. The Bertz CT molecular complexity index is 119. The molecule has 0 aliphatic carbocycles. The first-order valence-corrected chi connectivity index (χ1v) is 4.83. The number of likely N-dealkylation sites (tertiary alicyclic amines) is 1. The molecular formula is C8H18N2S. The van der Waals surface area contributed by atoms with Gasteiger partial charge in [0.25, 0.3) is 0 Å². The summed E-state index contributed by atoms with van der Waals surface area (Å²) < 4.78 is 0. The topological polar surface area (TPSA) is 6.48 Å². The predicted octanol–water partition coefficient (Wildman–Crippen LogP) is 0.757. The summed E-state index contributed by atoms with van der Waals surface area (Å²) in [6.45, 7) is 3.73. The van der Waals surface area contributed by atoms with Crippen molar-refractivity contribution in [1.82, 2.24) is 9.80 Å². The Hall–Kier alpha value is 0.270. The predicted molar refractivity (Wildman–Crippen MR) is 52.1 cm³/mol. The molecule has 1 aliphatic heterocycles. The third kappa shape index (κ3) is 3.01. The maximum Gasteiger partial charge on any atom is 0.0411 e. The van der Waals surface area contributed by atoms with Crippen molar-refractivity contribution in [3.8, 4) is 0 Å². The van der Waals surface area contributed by atoms with Gasteiger partial charge in [-0.05, 0) is 33.0 Å². The smallest absolute Gasteiger partial charge is 0.0411 e. The molecule has 1 rings (SSSR count). The van der Waals surface area contributed by atoms with E-state index in [1.54, 1.807) is 0 Å². The summed E-state index contributed by atoms with van der Waals surface area (Å²) in [5.41, 5.74) is 0. The Morgan fingerprint density at radius 3 is 2.82 bits per heavy atom. The van der Waals surface area contributed by atoms with Crippen LogP contribution in [0.5, 0.6) is 0 Å². The second-order valence-corrected chi connectivity index (χ2v) is 3.88. The zero-order chi connectivity index (χ0) is 8.27. The summed E-state index contributed by atoms with van der Waals surface area (Å²) in [5, 5.41) is 0. The van der Waals surface area contributed by atoms with E-state index in [0.29, 0.717) is 0 Å². The first-order valence-electron chi connectivity index (χ1n) is 4.20. The minimum atomic E-state index is 0.872. The molecule has 1 saturated heterocycles. The Morgan fingerprint density at radius 1 is 1.64 bits per heavy atom. The van der Waals surface area contributed by atoms with Gasteiger partial charge in [0, 0.05) is 19.0 Å². The standard InChI is InChI=1S/C8H18N2S/c1-9-4-3-8(5-9)6-10(2)7-11/h8,11H,3-7H2,1-2H3. The van der Waals surface area contributed by atoms with Crippen molar-refractivity contribution < 1.29 is 0 Å². The van der Waals surface area contributed by atoms with Gasteiger partial charge in [-0.1, -0.05) is 0 Å². The fraction of sp³-hybridized carbons (Fsp3) is 1.00. The molecule has 0 spiro atoms. The van der Waals surface area contributed by atoms with Crippen LogP contribution in [0.3, 0.4) is 0 Å². The zero-order valence-corrected chi connectivity index (χ0v) is 8.35. The molecule has 1 heterocycles. The van der Waals surface area contributed by atoms with Crippen LogP contribution in [0.15, 0.2) is 0 Å². The first-order chi connectivity index (χ1) is 5.22. The highest BCUT2D eigenvalue weighted by molar-refractivity contribution is 7.80. The summed E-state index contributed by atoms with van der Waals surface area (Å²) >= 11 is 4.22. The maximum absolute atomic E-state index is 4.22.